The molecule has 2 amide bonds. The quantitative estimate of drug-likeness (QED) is 0.796. The molecule has 0 aromatic heterocycles. The van der Waals surface area contributed by atoms with Crippen LogP contribution in [0, 0.1) is 5.41 Å². The maximum absolute atomic E-state index is 13.1. The van der Waals surface area contributed by atoms with E-state index in [1.54, 1.807) is 13.8 Å². The van der Waals surface area contributed by atoms with Gasteiger partial charge in [0.1, 0.15) is 5.41 Å². The monoisotopic (exact) mass is 364 g/mol. The highest BCUT2D eigenvalue weighted by Gasteiger charge is 2.40. The summed E-state index contributed by atoms with van der Waals surface area (Å²) in [5.74, 6) is -1.26. The lowest BCUT2D eigenvalue weighted by molar-refractivity contribution is -0.146. The lowest BCUT2D eigenvalue weighted by Gasteiger charge is -2.30. The van der Waals surface area contributed by atoms with Crippen LogP contribution in [0.15, 0.2) is 18.2 Å². The molecule has 0 aliphatic carbocycles. The molecule has 0 atom stereocenters. The van der Waals surface area contributed by atoms with E-state index in [9.17, 15) is 22.8 Å². The summed E-state index contributed by atoms with van der Waals surface area (Å²) in [4.78, 5) is 26.3. The predicted octanol–water partition coefficient (Wildman–Crippen LogP) is 4.19. The minimum Gasteiger partial charge on any atom is -0.342 e. The van der Waals surface area contributed by atoms with E-state index >= 15 is 0 Å². The summed E-state index contributed by atoms with van der Waals surface area (Å²) >= 11 is 5.61. The average Bonchev–Trinajstić information content (AvgIpc) is 2.48. The first-order chi connectivity index (χ1) is 10.9. The second-order valence-corrected chi connectivity index (χ2v) is 6.18. The maximum atomic E-state index is 13.1. The van der Waals surface area contributed by atoms with Gasteiger partial charge in [-0.3, -0.25) is 9.59 Å². The van der Waals surface area contributed by atoms with Crippen molar-refractivity contribution in [2.24, 2.45) is 5.41 Å². The summed E-state index contributed by atoms with van der Waals surface area (Å²) in [6.45, 7) is 7.09. The first kappa shape index (κ1) is 20.3. The van der Waals surface area contributed by atoms with Crippen molar-refractivity contribution in [2.45, 2.75) is 33.9 Å². The predicted molar refractivity (Wildman–Crippen MR) is 86.8 cm³/mol. The molecule has 0 fully saturated rings. The van der Waals surface area contributed by atoms with Crippen molar-refractivity contribution < 1.29 is 22.8 Å². The van der Waals surface area contributed by atoms with Gasteiger partial charge in [-0.15, -0.1) is 0 Å². The molecule has 0 unspecified atom stereocenters. The van der Waals surface area contributed by atoms with Crippen LogP contribution in [0.2, 0.25) is 5.02 Å². The molecular weight excluding hydrogens is 345 g/mol. The molecule has 1 aromatic rings. The van der Waals surface area contributed by atoms with E-state index in [0.717, 1.165) is 12.1 Å². The molecule has 4 nitrogen and oxygen atoms in total. The third kappa shape index (κ3) is 4.41. The molecule has 1 N–H and O–H groups in total. The Hall–Kier alpha value is -1.76. The SMILES string of the molecule is CCN(CC)C(=O)C(C)(C)C(=O)Nc1ccc(Cl)cc1C(F)(F)F. The zero-order chi connectivity index (χ0) is 18.7. The number of halogens is 4. The van der Waals surface area contributed by atoms with E-state index < -0.39 is 34.7 Å². The second-order valence-electron chi connectivity index (χ2n) is 5.74. The highest BCUT2D eigenvalue weighted by molar-refractivity contribution is 6.30. The molecule has 0 saturated carbocycles. The molecule has 0 saturated heterocycles. The van der Waals surface area contributed by atoms with E-state index in [2.05, 4.69) is 5.32 Å². The van der Waals surface area contributed by atoms with Crippen molar-refractivity contribution in [3.63, 3.8) is 0 Å². The third-order valence-corrected chi connectivity index (χ3v) is 3.92. The van der Waals surface area contributed by atoms with Crippen LogP contribution in [0.3, 0.4) is 0 Å². The molecule has 0 aliphatic rings. The Morgan fingerprint density at radius 3 is 2.17 bits per heavy atom. The zero-order valence-electron chi connectivity index (χ0n) is 13.9. The Morgan fingerprint density at radius 2 is 1.71 bits per heavy atom. The Bertz CT molecular complexity index is 626. The van der Waals surface area contributed by atoms with E-state index in [-0.39, 0.29) is 5.02 Å². The van der Waals surface area contributed by atoms with Gasteiger partial charge < -0.3 is 10.2 Å². The van der Waals surface area contributed by atoms with Crippen LogP contribution in [-0.4, -0.2) is 29.8 Å². The molecule has 24 heavy (non-hydrogen) atoms. The van der Waals surface area contributed by atoms with Crippen LogP contribution in [0.25, 0.3) is 0 Å². The normalized spacial score (nSPS) is 12.0. The number of carbonyl (C=O) groups excluding carboxylic acids is 2. The smallest absolute Gasteiger partial charge is 0.342 e. The molecule has 1 rings (SSSR count). The number of nitrogens with zero attached hydrogens (tertiary/aromatic N) is 1. The molecule has 0 heterocycles. The molecule has 0 bridgehead atoms. The molecule has 1 aromatic carbocycles. The standard InChI is InChI=1S/C16H20ClF3N2O2/c1-5-22(6-2)14(24)15(3,4)13(23)21-12-8-7-10(17)9-11(12)16(18,19)20/h7-9H,5-6H2,1-4H3,(H,21,23). The van der Waals surface area contributed by atoms with Crippen LogP contribution < -0.4 is 5.32 Å². The van der Waals surface area contributed by atoms with Gasteiger partial charge in [0.05, 0.1) is 11.3 Å². The van der Waals surface area contributed by atoms with Gasteiger partial charge in [0, 0.05) is 18.1 Å². The minimum atomic E-state index is -4.68. The van der Waals surface area contributed by atoms with E-state index in [0.29, 0.717) is 13.1 Å². The third-order valence-electron chi connectivity index (χ3n) is 3.69. The first-order valence-corrected chi connectivity index (χ1v) is 7.80. The average molecular weight is 365 g/mol. The number of benzene rings is 1. The molecule has 0 spiro atoms. The number of rotatable bonds is 5. The number of alkyl halides is 3. The van der Waals surface area contributed by atoms with Crippen molar-refractivity contribution >= 4 is 29.1 Å². The van der Waals surface area contributed by atoms with Crippen molar-refractivity contribution in [2.75, 3.05) is 18.4 Å². The summed E-state index contributed by atoms with van der Waals surface area (Å²) in [6, 6.07) is 3.04. The van der Waals surface area contributed by atoms with Gasteiger partial charge in [0.2, 0.25) is 11.8 Å². The summed E-state index contributed by atoms with van der Waals surface area (Å²) < 4.78 is 39.3. The number of nitrogens with one attached hydrogen (secondary N) is 1. The fraction of sp³-hybridized carbons (Fsp3) is 0.500. The van der Waals surface area contributed by atoms with E-state index in [1.165, 1.54) is 24.8 Å². The van der Waals surface area contributed by atoms with Crippen molar-refractivity contribution in [1.82, 2.24) is 4.90 Å². The number of amides is 2. The van der Waals surface area contributed by atoms with Gasteiger partial charge in [0.15, 0.2) is 0 Å². The molecular formula is C16H20ClF3N2O2. The summed E-state index contributed by atoms with van der Waals surface area (Å²) in [6.07, 6.45) is -4.68. The number of hydrogen-bond donors (Lipinski definition) is 1. The molecule has 0 radical (unpaired) electrons. The van der Waals surface area contributed by atoms with Gasteiger partial charge in [-0.25, -0.2) is 0 Å². The number of anilines is 1. The fourth-order valence-electron chi connectivity index (χ4n) is 2.14. The van der Waals surface area contributed by atoms with Crippen molar-refractivity contribution in [3.05, 3.63) is 28.8 Å². The largest absolute Gasteiger partial charge is 0.418 e. The second kappa shape index (κ2) is 7.42. The topological polar surface area (TPSA) is 49.4 Å². The maximum Gasteiger partial charge on any atom is 0.418 e. The number of hydrogen-bond acceptors (Lipinski definition) is 2. The van der Waals surface area contributed by atoms with Gasteiger partial charge >= 0.3 is 6.18 Å². The lowest BCUT2D eigenvalue weighted by atomic mass is 9.90. The van der Waals surface area contributed by atoms with Crippen LogP contribution in [-0.2, 0) is 15.8 Å². The molecule has 8 heteroatoms. The van der Waals surface area contributed by atoms with Gasteiger partial charge in [0.25, 0.3) is 0 Å². The Morgan fingerprint density at radius 1 is 1.17 bits per heavy atom. The van der Waals surface area contributed by atoms with E-state index in [1.807, 2.05) is 0 Å². The van der Waals surface area contributed by atoms with Gasteiger partial charge in [-0.1, -0.05) is 11.6 Å². The first-order valence-electron chi connectivity index (χ1n) is 7.42. The molecule has 0 aliphatic heterocycles. The van der Waals surface area contributed by atoms with Crippen LogP contribution >= 0.6 is 11.6 Å². The van der Waals surface area contributed by atoms with Crippen LogP contribution in [0.5, 0.6) is 0 Å². The summed E-state index contributed by atoms with van der Waals surface area (Å²) in [7, 11) is 0. The molecule has 134 valence electrons. The van der Waals surface area contributed by atoms with Crippen LogP contribution in [0.1, 0.15) is 33.3 Å². The van der Waals surface area contributed by atoms with Crippen molar-refractivity contribution in [3.8, 4) is 0 Å². The fourth-order valence-corrected chi connectivity index (χ4v) is 2.31. The van der Waals surface area contributed by atoms with Crippen LogP contribution in [0.4, 0.5) is 18.9 Å². The Balaban J connectivity index is 3.13. The Kier molecular flexibility index (Phi) is 6.27. The highest BCUT2D eigenvalue weighted by Crippen LogP contribution is 2.37. The lowest BCUT2D eigenvalue weighted by Crippen LogP contribution is -2.47. The number of carbonyl (C=O) groups is 2. The Labute approximate surface area is 144 Å². The highest BCUT2D eigenvalue weighted by atomic mass is 35.5. The zero-order valence-corrected chi connectivity index (χ0v) is 14.7. The van der Waals surface area contributed by atoms with Gasteiger partial charge in [-0.05, 0) is 45.9 Å². The summed E-state index contributed by atoms with van der Waals surface area (Å²) in [5, 5.41) is 2.11. The minimum absolute atomic E-state index is 0.0983. The van der Waals surface area contributed by atoms with Crippen molar-refractivity contribution in [1.29, 1.82) is 0 Å². The van der Waals surface area contributed by atoms with Gasteiger partial charge in [-0.2, -0.15) is 13.2 Å². The van der Waals surface area contributed by atoms with E-state index in [4.69, 9.17) is 11.6 Å². The summed E-state index contributed by atoms with van der Waals surface area (Å²) in [5.41, 5.74) is -3.00.